The minimum atomic E-state index is -3.57. The summed E-state index contributed by atoms with van der Waals surface area (Å²) in [5.41, 5.74) is 9.25. The van der Waals surface area contributed by atoms with Gasteiger partial charge in [0, 0.05) is 38.6 Å². The molecule has 1 heterocycles. The van der Waals surface area contributed by atoms with Crippen LogP contribution in [0.1, 0.15) is 35.6 Å². The van der Waals surface area contributed by atoms with E-state index in [1.165, 1.54) is 4.31 Å². The van der Waals surface area contributed by atoms with Crippen molar-refractivity contribution < 1.29 is 13.2 Å². The quantitative estimate of drug-likeness (QED) is 0.832. The number of hydrogen-bond acceptors (Lipinski definition) is 4. The monoisotopic (exact) mass is 403 g/mol. The molecule has 1 atom stereocenters. The van der Waals surface area contributed by atoms with Crippen LogP contribution in [0.25, 0.3) is 0 Å². The van der Waals surface area contributed by atoms with E-state index in [1.54, 1.807) is 11.8 Å². The van der Waals surface area contributed by atoms with Crippen LogP contribution in [0.15, 0.2) is 11.0 Å². The maximum absolute atomic E-state index is 13.2. The first-order valence-electron chi connectivity index (χ1n) is 8.66. The van der Waals surface area contributed by atoms with Gasteiger partial charge < -0.3 is 10.6 Å². The summed E-state index contributed by atoms with van der Waals surface area (Å²) in [6, 6.07) is 1.84. The van der Waals surface area contributed by atoms with Gasteiger partial charge in [-0.05, 0) is 56.9 Å². The van der Waals surface area contributed by atoms with Crippen molar-refractivity contribution in [3.8, 4) is 0 Å². The molecule has 1 aliphatic heterocycles. The number of carbonyl (C=O) groups is 1. The molecule has 1 aliphatic rings. The van der Waals surface area contributed by atoms with Gasteiger partial charge in [-0.25, -0.2) is 8.42 Å². The van der Waals surface area contributed by atoms with Gasteiger partial charge in [-0.3, -0.25) is 4.79 Å². The highest BCUT2D eigenvalue weighted by Crippen LogP contribution is 2.29. The number of aryl methyl sites for hydroxylation is 2. The van der Waals surface area contributed by atoms with Crippen molar-refractivity contribution >= 4 is 28.3 Å². The number of halogens is 1. The number of hydrogen-bond donors (Lipinski definition) is 1. The molecule has 148 valence electrons. The van der Waals surface area contributed by atoms with E-state index >= 15 is 0 Å². The smallest absolute Gasteiger partial charge is 0.243 e. The number of piperazine rings is 1. The molecular formula is C18H30ClN3O3S. The Morgan fingerprint density at radius 2 is 1.54 bits per heavy atom. The van der Waals surface area contributed by atoms with Crippen LogP contribution in [-0.4, -0.2) is 55.8 Å². The molecule has 26 heavy (non-hydrogen) atoms. The highest BCUT2D eigenvalue weighted by atomic mass is 35.5. The fourth-order valence-corrected chi connectivity index (χ4v) is 5.28. The first-order chi connectivity index (χ1) is 11.6. The zero-order valence-corrected chi connectivity index (χ0v) is 17.8. The van der Waals surface area contributed by atoms with Crippen molar-refractivity contribution in [2.24, 2.45) is 5.73 Å². The molecule has 6 nitrogen and oxygen atoms in total. The standard InChI is InChI=1S/C18H29N3O3S.ClH/c1-12-10-13(2)16(5)18(15(12)4)25(23,24)21-8-6-20(7-9-21)17(22)11-14(3)19;/h10,14H,6-9,11,19H2,1-5H3;1H. The lowest BCUT2D eigenvalue weighted by atomic mass is 10.0. The first-order valence-corrected chi connectivity index (χ1v) is 10.1. The van der Waals surface area contributed by atoms with Gasteiger partial charge in [-0.1, -0.05) is 6.07 Å². The summed E-state index contributed by atoms with van der Waals surface area (Å²) in [6.07, 6.45) is 0.294. The number of benzene rings is 1. The summed E-state index contributed by atoms with van der Waals surface area (Å²) in [6.45, 7) is 10.8. The zero-order valence-electron chi connectivity index (χ0n) is 16.2. The molecule has 2 N–H and O–H groups in total. The van der Waals surface area contributed by atoms with Gasteiger partial charge in [0.15, 0.2) is 0 Å². The maximum atomic E-state index is 13.2. The van der Waals surface area contributed by atoms with E-state index in [2.05, 4.69) is 0 Å². The SMILES string of the molecule is Cc1cc(C)c(C)c(S(=O)(=O)N2CCN(C(=O)CC(C)N)CC2)c1C.Cl. The predicted octanol–water partition coefficient (Wildman–Crippen LogP) is 1.91. The molecule has 8 heteroatoms. The number of amides is 1. The van der Waals surface area contributed by atoms with Crippen molar-refractivity contribution in [2.75, 3.05) is 26.2 Å². The van der Waals surface area contributed by atoms with E-state index in [9.17, 15) is 13.2 Å². The van der Waals surface area contributed by atoms with E-state index in [1.807, 2.05) is 33.8 Å². The number of carbonyl (C=O) groups excluding carboxylic acids is 1. The average molecular weight is 404 g/mol. The second-order valence-electron chi connectivity index (χ2n) is 7.06. The lowest BCUT2D eigenvalue weighted by molar-refractivity contribution is -0.132. The number of nitrogens with zero attached hydrogens (tertiary/aromatic N) is 2. The van der Waals surface area contributed by atoms with Crippen LogP contribution in [0.3, 0.4) is 0 Å². The summed E-state index contributed by atoms with van der Waals surface area (Å²) in [5.74, 6) is -0.00851. The summed E-state index contributed by atoms with van der Waals surface area (Å²) in [5, 5.41) is 0. The van der Waals surface area contributed by atoms with Gasteiger partial charge in [0.1, 0.15) is 0 Å². The maximum Gasteiger partial charge on any atom is 0.243 e. The zero-order chi connectivity index (χ0) is 18.9. The Balaban J connectivity index is 0.00000338. The molecule has 1 aromatic carbocycles. The highest BCUT2D eigenvalue weighted by molar-refractivity contribution is 7.89. The number of nitrogens with two attached hydrogens (primary N) is 1. The third-order valence-corrected chi connectivity index (χ3v) is 7.16. The van der Waals surface area contributed by atoms with E-state index in [4.69, 9.17) is 5.73 Å². The van der Waals surface area contributed by atoms with Gasteiger partial charge in [0.05, 0.1) is 4.90 Å². The van der Waals surface area contributed by atoms with Gasteiger partial charge in [0.2, 0.25) is 15.9 Å². The second-order valence-corrected chi connectivity index (χ2v) is 8.93. The lowest BCUT2D eigenvalue weighted by Gasteiger charge is -2.35. The molecular weight excluding hydrogens is 374 g/mol. The average Bonchev–Trinajstić information content (AvgIpc) is 2.52. The van der Waals surface area contributed by atoms with Crippen LogP contribution in [0.4, 0.5) is 0 Å². The van der Waals surface area contributed by atoms with Crippen LogP contribution in [-0.2, 0) is 14.8 Å². The van der Waals surface area contributed by atoms with Crippen molar-refractivity contribution in [1.82, 2.24) is 9.21 Å². The first kappa shape index (κ1) is 22.9. The Morgan fingerprint density at radius 3 is 1.96 bits per heavy atom. The number of rotatable bonds is 4. The second kappa shape index (κ2) is 8.69. The van der Waals surface area contributed by atoms with Gasteiger partial charge in [-0.15, -0.1) is 12.4 Å². The molecule has 1 aromatic rings. The Labute approximate surface area is 163 Å². The molecule has 1 amide bonds. The Bertz CT molecular complexity index is 744. The fourth-order valence-electron chi connectivity index (χ4n) is 3.28. The third-order valence-electron chi connectivity index (χ3n) is 4.98. The van der Waals surface area contributed by atoms with Crippen molar-refractivity contribution in [3.63, 3.8) is 0 Å². The molecule has 0 spiro atoms. The largest absolute Gasteiger partial charge is 0.340 e. The predicted molar refractivity (Wildman–Crippen MR) is 106 cm³/mol. The van der Waals surface area contributed by atoms with Crippen molar-refractivity contribution in [2.45, 2.75) is 52.0 Å². The molecule has 0 aliphatic carbocycles. The molecule has 0 saturated carbocycles. The van der Waals surface area contributed by atoms with Crippen LogP contribution < -0.4 is 5.73 Å². The molecule has 1 unspecified atom stereocenters. The van der Waals surface area contributed by atoms with Crippen LogP contribution in [0, 0.1) is 27.7 Å². The van der Waals surface area contributed by atoms with E-state index in [0.717, 1.165) is 22.3 Å². The fraction of sp³-hybridized carbons (Fsp3) is 0.611. The van der Waals surface area contributed by atoms with E-state index in [0.29, 0.717) is 37.5 Å². The molecule has 0 bridgehead atoms. The summed E-state index contributed by atoms with van der Waals surface area (Å²) < 4.78 is 27.9. The summed E-state index contributed by atoms with van der Waals surface area (Å²) >= 11 is 0. The van der Waals surface area contributed by atoms with Crippen LogP contribution in [0.2, 0.25) is 0 Å². The lowest BCUT2D eigenvalue weighted by Crippen LogP contribution is -2.51. The molecule has 0 aromatic heterocycles. The Morgan fingerprint density at radius 1 is 1.08 bits per heavy atom. The summed E-state index contributed by atoms with van der Waals surface area (Å²) in [4.78, 5) is 14.2. The third kappa shape index (κ3) is 4.57. The van der Waals surface area contributed by atoms with E-state index < -0.39 is 10.0 Å². The summed E-state index contributed by atoms with van der Waals surface area (Å²) in [7, 11) is -3.57. The van der Waals surface area contributed by atoms with Crippen molar-refractivity contribution in [1.29, 1.82) is 0 Å². The van der Waals surface area contributed by atoms with Gasteiger partial charge in [-0.2, -0.15) is 4.31 Å². The minimum Gasteiger partial charge on any atom is -0.340 e. The molecule has 1 saturated heterocycles. The molecule has 0 radical (unpaired) electrons. The Kier molecular flexibility index (Phi) is 7.65. The normalized spacial score (nSPS) is 16.9. The topological polar surface area (TPSA) is 83.7 Å². The van der Waals surface area contributed by atoms with E-state index in [-0.39, 0.29) is 24.4 Å². The van der Waals surface area contributed by atoms with Crippen LogP contribution >= 0.6 is 12.4 Å². The molecule has 2 rings (SSSR count). The van der Waals surface area contributed by atoms with Gasteiger partial charge in [0.25, 0.3) is 0 Å². The van der Waals surface area contributed by atoms with Crippen molar-refractivity contribution in [3.05, 3.63) is 28.3 Å². The minimum absolute atomic E-state index is 0. The highest BCUT2D eigenvalue weighted by Gasteiger charge is 2.32. The molecule has 1 fully saturated rings. The van der Waals surface area contributed by atoms with Crippen LogP contribution in [0.5, 0.6) is 0 Å². The van der Waals surface area contributed by atoms with Gasteiger partial charge >= 0.3 is 0 Å². The Hall–Kier alpha value is -1.15. The number of sulfonamides is 1.